The summed E-state index contributed by atoms with van der Waals surface area (Å²) < 4.78 is 2.12. The smallest absolute Gasteiger partial charge is 0.169 e. The molecule has 3 aromatic rings. The maximum atomic E-state index is 9.76. The first-order valence-corrected chi connectivity index (χ1v) is 7.98. The minimum Gasteiger partial charge on any atom is -0.507 e. The Hall–Kier alpha value is -3.13. The molecule has 0 radical (unpaired) electrons. The van der Waals surface area contributed by atoms with Gasteiger partial charge in [0.1, 0.15) is 5.75 Å². The summed E-state index contributed by atoms with van der Waals surface area (Å²) in [6, 6.07) is 21.7. The SMILES string of the molecule is Oc1ccccc1/C=C/c1cc[n+](C/C=C/c2ccccc2)cc1. The second-order valence-electron chi connectivity index (χ2n) is 5.53. The zero-order valence-electron chi connectivity index (χ0n) is 13.4. The maximum absolute atomic E-state index is 9.76. The van der Waals surface area contributed by atoms with Crippen LogP contribution in [0.4, 0.5) is 0 Å². The summed E-state index contributed by atoms with van der Waals surface area (Å²) in [5.41, 5.74) is 3.13. The zero-order chi connectivity index (χ0) is 16.6. The summed E-state index contributed by atoms with van der Waals surface area (Å²) >= 11 is 0. The Morgan fingerprint density at radius 2 is 1.38 bits per heavy atom. The lowest BCUT2D eigenvalue weighted by molar-refractivity contribution is -0.686. The number of aromatic nitrogens is 1. The fourth-order valence-corrected chi connectivity index (χ4v) is 2.39. The molecule has 2 aromatic carbocycles. The van der Waals surface area contributed by atoms with Gasteiger partial charge in [-0.25, -0.2) is 4.57 Å². The molecule has 0 spiro atoms. The van der Waals surface area contributed by atoms with Crippen LogP contribution in [0.15, 0.2) is 85.2 Å². The lowest BCUT2D eigenvalue weighted by Gasteiger charge is -1.97. The van der Waals surface area contributed by atoms with Crippen LogP contribution in [0.25, 0.3) is 18.2 Å². The molecule has 2 heteroatoms. The van der Waals surface area contributed by atoms with Crippen LogP contribution in [0.1, 0.15) is 16.7 Å². The molecule has 3 rings (SSSR count). The molecule has 1 aromatic heterocycles. The minimum atomic E-state index is 0.297. The fraction of sp³-hybridized carbons (Fsp3) is 0.0455. The van der Waals surface area contributed by atoms with Gasteiger partial charge in [-0.1, -0.05) is 66.8 Å². The predicted molar refractivity (Wildman–Crippen MR) is 99.1 cm³/mol. The van der Waals surface area contributed by atoms with E-state index in [4.69, 9.17) is 0 Å². The van der Waals surface area contributed by atoms with Crippen LogP contribution in [0.2, 0.25) is 0 Å². The molecule has 0 aliphatic heterocycles. The van der Waals surface area contributed by atoms with Gasteiger partial charge in [0.2, 0.25) is 0 Å². The van der Waals surface area contributed by atoms with Crippen molar-refractivity contribution in [3.05, 3.63) is 102 Å². The highest BCUT2D eigenvalue weighted by atomic mass is 16.3. The molecule has 118 valence electrons. The van der Waals surface area contributed by atoms with E-state index in [2.05, 4.69) is 53.4 Å². The van der Waals surface area contributed by atoms with Crippen molar-refractivity contribution in [2.24, 2.45) is 0 Å². The van der Waals surface area contributed by atoms with E-state index in [1.54, 1.807) is 6.07 Å². The highest BCUT2D eigenvalue weighted by Crippen LogP contribution is 2.18. The predicted octanol–water partition coefficient (Wildman–Crippen LogP) is 4.56. The monoisotopic (exact) mass is 314 g/mol. The third-order valence-corrected chi connectivity index (χ3v) is 3.74. The second kappa shape index (κ2) is 7.93. The van der Waals surface area contributed by atoms with Crippen molar-refractivity contribution in [1.29, 1.82) is 0 Å². The van der Waals surface area contributed by atoms with Crippen LogP contribution in [0, 0.1) is 0 Å². The van der Waals surface area contributed by atoms with Crippen molar-refractivity contribution in [3.63, 3.8) is 0 Å². The Morgan fingerprint density at radius 3 is 2.12 bits per heavy atom. The van der Waals surface area contributed by atoms with Crippen LogP contribution in [-0.4, -0.2) is 5.11 Å². The number of rotatable bonds is 5. The number of hydrogen-bond donors (Lipinski definition) is 1. The van der Waals surface area contributed by atoms with E-state index in [1.807, 2.05) is 48.6 Å². The minimum absolute atomic E-state index is 0.297. The van der Waals surface area contributed by atoms with Crippen molar-refractivity contribution in [1.82, 2.24) is 0 Å². The summed E-state index contributed by atoms with van der Waals surface area (Å²) in [7, 11) is 0. The number of para-hydroxylation sites is 1. The highest BCUT2D eigenvalue weighted by molar-refractivity contribution is 5.71. The Balaban J connectivity index is 1.61. The van der Waals surface area contributed by atoms with Gasteiger partial charge >= 0.3 is 0 Å². The Morgan fingerprint density at radius 1 is 0.708 bits per heavy atom. The first-order valence-electron chi connectivity index (χ1n) is 7.98. The summed E-state index contributed by atoms with van der Waals surface area (Å²) in [6.45, 7) is 0.832. The van der Waals surface area contributed by atoms with E-state index in [0.717, 1.165) is 17.7 Å². The third-order valence-electron chi connectivity index (χ3n) is 3.74. The standard InChI is InChI=1S/C22H19NO/c24-22-11-5-4-10-21(22)13-12-20-14-17-23(18-15-20)16-6-9-19-7-2-1-3-8-19/h1-15,17-18H,16H2/p+1/b9-6+. The first kappa shape index (κ1) is 15.8. The molecule has 0 bridgehead atoms. The van der Waals surface area contributed by atoms with Gasteiger partial charge in [-0.2, -0.15) is 0 Å². The molecule has 1 N–H and O–H groups in total. The number of allylic oxidation sites excluding steroid dienone is 1. The fourth-order valence-electron chi connectivity index (χ4n) is 2.39. The van der Waals surface area contributed by atoms with Gasteiger partial charge in [0.05, 0.1) is 0 Å². The molecular weight excluding hydrogens is 294 g/mol. The summed E-state index contributed by atoms with van der Waals surface area (Å²) in [5, 5.41) is 9.76. The second-order valence-corrected chi connectivity index (χ2v) is 5.53. The molecule has 0 saturated heterocycles. The topological polar surface area (TPSA) is 24.1 Å². The largest absolute Gasteiger partial charge is 0.507 e. The molecule has 24 heavy (non-hydrogen) atoms. The van der Waals surface area contributed by atoms with Crippen LogP contribution in [0.3, 0.4) is 0 Å². The lowest BCUT2D eigenvalue weighted by atomic mass is 10.1. The number of phenols is 1. The van der Waals surface area contributed by atoms with E-state index >= 15 is 0 Å². The van der Waals surface area contributed by atoms with E-state index in [1.165, 1.54) is 5.56 Å². The molecule has 0 fully saturated rings. The summed E-state index contributed by atoms with van der Waals surface area (Å²) in [6.07, 6.45) is 12.3. The van der Waals surface area contributed by atoms with Gasteiger partial charge in [-0.05, 0) is 23.3 Å². The van der Waals surface area contributed by atoms with Crippen LogP contribution in [0.5, 0.6) is 5.75 Å². The average Bonchev–Trinajstić information content (AvgIpc) is 2.63. The van der Waals surface area contributed by atoms with Crippen LogP contribution < -0.4 is 4.57 Å². The molecule has 1 heterocycles. The molecule has 0 aliphatic rings. The van der Waals surface area contributed by atoms with Gasteiger partial charge in [-0.3, -0.25) is 0 Å². The van der Waals surface area contributed by atoms with E-state index in [-0.39, 0.29) is 0 Å². The molecule has 0 atom stereocenters. The van der Waals surface area contributed by atoms with Gasteiger partial charge in [0.15, 0.2) is 18.9 Å². The molecule has 0 unspecified atom stereocenters. The molecule has 0 saturated carbocycles. The van der Waals surface area contributed by atoms with Crippen molar-refractivity contribution < 1.29 is 9.67 Å². The normalized spacial score (nSPS) is 11.3. The Kier molecular flexibility index (Phi) is 5.21. The number of benzene rings is 2. The average molecular weight is 314 g/mol. The first-order chi connectivity index (χ1) is 11.8. The van der Waals surface area contributed by atoms with Crippen LogP contribution >= 0.6 is 0 Å². The van der Waals surface area contributed by atoms with Gasteiger partial charge in [0.25, 0.3) is 0 Å². The molecular formula is C22H20NO+. The van der Waals surface area contributed by atoms with Gasteiger partial charge in [0, 0.05) is 17.7 Å². The number of nitrogens with zero attached hydrogens (tertiary/aromatic N) is 1. The summed E-state index contributed by atoms with van der Waals surface area (Å²) in [4.78, 5) is 0. The van der Waals surface area contributed by atoms with E-state index in [0.29, 0.717) is 5.75 Å². The molecule has 0 amide bonds. The molecule has 2 nitrogen and oxygen atoms in total. The van der Waals surface area contributed by atoms with Gasteiger partial charge in [-0.15, -0.1) is 0 Å². The van der Waals surface area contributed by atoms with E-state index < -0.39 is 0 Å². The quantitative estimate of drug-likeness (QED) is 0.686. The summed E-state index contributed by atoms with van der Waals surface area (Å²) in [5.74, 6) is 0.297. The van der Waals surface area contributed by atoms with Crippen LogP contribution in [-0.2, 0) is 6.54 Å². The number of pyridine rings is 1. The van der Waals surface area contributed by atoms with Crippen molar-refractivity contribution in [3.8, 4) is 5.75 Å². The number of hydrogen-bond acceptors (Lipinski definition) is 1. The zero-order valence-corrected chi connectivity index (χ0v) is 13.4. The highest BCUT2D eigenvalue weighted by Gasteiger charge is 1.98. The Bertz CT molecular complexity index is 833. The van der Waals surface area contributed by atoms with E-state index in [9.17, 15) is 5.11 Å². The van der Waals surface area contributed by atoms with Crippen molar-refractivity contribution >= 4 is 18.2 Å². The molecule has 0 aliphatic carbocycles. The number of phenolic OH excluding ortho intramolecular Hbond substituents is 1. The third kappa shape index (κ3) is 4.43. The van der Waals surface area contributed by atoms with Crippen molar-refractivity contribution in [2.75, 3.05) is 0 Å². The number of aromatic hydroxyl groups is 1. The Labute approximate surface area is 142 Å². The van der Waals surface area contributed by atoms with Gasteiger partial charge < -0.3 is 5.11 Å². The lowest BCUT2D eigenvalue weighted by Crippen LogP contribution is -2.31. The maximum Gasteiger partial charge on any atom is 0.169 e. The van der Waals surface area contributed by atoms with Crippen molar-refractivity contribution in [2.45, 2.75) is 6.54 Å².